The van der Waals surface area contributed by atoms with Crippen LogP contribution in [-0.4, -0.2) is 30.4 Å². The lowest BCUT2D eigenvalue weighted by molar-refractivity contribution is 0.00578. The van der Waals surface area contributed by atoms with Crippen molar-refractivity contribution in [2.24, 2.45) is 5.73 Å². The highest BCUT2D eigenvalue weighted by atomic mass is 16.7. The van der Waals surface area contributed by atoms with E-state index in [1.54, 1.807) is 0 Å². The largest absolute Gasteiger partial charge is 0.501 e. The molecule has 0 radical (unpaired) electrons. The highest BCUT2D eigenvalue weighted by molar-refractivity contribution is 6.47. The molecule has 1 heterocycles. The molecule has 22 heavy (non-hydrogen) atoms. The lowest BCUT2D eigenvalue weighted by atomic mass is 9.77. The molecule has 1 atom stereocenters. The van der Waals surface area contributed by atoms with Crippen LogP contribution in [0.3, 0.4) is 0 Å². The molecule has 1 fully saturated rings. The highest BCUT2D eigenvalue weighted by Crippen LogP contribution is 2.38. The average Bonchev–Trinajstić information content (AvgIpc) is 2.64. The summed E-state index contributed by atoms with van der Waals surface area (Å²) in [5, 5.41) is 0. The van der Waals surface area contributed by atoms with Gasteiger partial charge in [-0.05, 0) is 46.1 Å². The fraction of sp³-hybridized carbons (Fsp3) is 0.562. The Labute approximate surface area is 132 Å². The molecular weight excluding hydrogens is 281 g/mol. The third kappa shape index (κ3) is 3.81. The van der Waals surface area contributed by atoms with Crippen molar-refractivity contribution in [3.8, 4) is 0 Å². The molecule has 6 heteroatoms. The molecule has 0 unspecified atom stereocenters. The summed E-state index contributed by atoms with van der Waals surface area (Å²) in [4.78, 5) is 11.2. The number of aryl methyl sites for hydroxylation is 1. The van der Waals surface area contributed by atoms with Crippen LogP contribution < -0.4 is 5.73 Å². The minimum Gasteiger partial charge on any atom is -0.449 e. The molecule has 120 valence electrons. The lowest BCUT2D eigenvalue weighted by Gasteiger charge is -2.32. The zero-order valence-electron chi connectivity index (χ0n) is 13.7. The quantitative estimate of drug-likeness (QED) is 0.849. The second-order valence-corrected chi connectivity index (χ2v) is 6.62. The van der Waals surface area contributed by atoms with Crippen LogP contribution in [0.25, 0.3) is 0 Å². The van der Waals surface area contributed by atoms with Crippen molar-refractivity contribution in [1.29, 1.82) is 0 Å². The molecule has 0 spiro atoms. The Bertz CT molecular complexity index is 502. The van der Waals surface area contributed by atoms with Crippen LogP contribution >= 0.6 is 0 Å². The van der Waals surface area contributed by atoms with Crippen LogP contribution in [0.1, 0.15) is 39.7 Å². The summed E-state index contributed by atoms with van der Waals surface area (Å²) >= 11 is 0. The van der Waals surface area contributed by atoms with Crippen molar-refractivity contribution in [3.05, 3.63) is 35.9 Å². The number of amides is 1. The fourth-order valence-corrected chi connectivity index (χ4v) is 2.39. The van der Waals surface area contributed by atoms with Crippen LogP contribution in [0.5, 0.6) is 0 Å². The van der Waals surface area contributed by atoms with E-state index in [1.807, 2.05) is 58.0 Å². The number of primary amides is 1. The van der Waals surface area contributed by atoms with E-state index < -0.39 is 30.4 Å². The van der Waals surface area contributed by atoms with Crippen LogP contribution in [0.4, 0.5) is 4.79 Å². The summed E-state index contributed by atoms with van der Waals surface area (Å²) in [5.41, 5.74) is 5.42. The van der Waals surface area contributed by atoms with E-state index in [9.17, 15) is 4.79 Å². The summed E-state index contributed by atoms with van der Waals surface area (Å²) in [5.74, 6) is 0. The molecule has 1 saturated heterocycles. The summed E-state index contributed by atoms with van der Waals surface area (Å²) in [7, 11) is -0.610. The summed E-state index contributed by atoms with van der Waals surface area (Å²) < 4.78 is 17.2. The first-order chi connectivity index (χ1) is 10.2. The predicted molar refractivity (Wildman–Crippen MR) is 85.3 cm³/mol. The number of hydrogen-bond donors (Lipinski definition) is 1. The fourth-order valence-electron chi connectivity index (χ4n) is 2.39. The van der Waals surface area contributed by atoms with Gasteiger partial charge in [-0.15, -0.1) is 0 Å². The first kappa shape index (κ1) is 16.8. The number of carbonyl (C=O) groups is 1. The lowest BCUT2D eigenvalue weighted by Crippen LogP contribution is -2.41. The van der Waals surface area contributed by atoms with Crippen molar-refractivity contribution in [2.45, 2.75) is 57.7 Å². The standard InChI is InChI=1S/C16H24BNO4/c1-15(2)16(3,4)22-17(21-15)13(20-14(18)19)11-10-12-8-6-5-7-9-12/h5-9,13H,10-11H2,1-4H3,(H2,18,19)/t13-/m0/s1. The molecule has 1 aromatic rings. The minimum absolute atomic E-state index is 0.469. The van der Waals surface area contributed by atoms with Crippen molar-refractivity contribution >= 4 is 13.2 Å². The van der Waals surface area contributed by atoms with Gasteiger partial charge in [-0.3, -0.25) is 0 Å². The monoisotopic (exact) mass is 305 g/mol. The van der Waals surface area contributed by atoms with Crippen molar-refractivity contribution in [3.63, 3.8) is 0 Å². The van der Waals surface area contributed by atoms with Gasteiger partial charge in [0.1, 0.15) is 6.00 Å². The Morgan fingerprint density at radius 2 is 1.73 bits per heavy atom. The van der Waals surface area contributed by atoms with E-state index in [2.05, 4.69) is 0 Å². The van der Waals surface area contributed by atoms with Crippen LogP contribution in [-0.2, 0) is 20.5 Å². The smallest absolute Gasteiger partial charge is 0.449 e. The molecule has 0 bridgehead atoms. The van der Waals surface area contributed by atoms with E-state index >= 15 is 0 Å². The van der Waals surface area contributed by atoms with E-state index in [0.717, 1.165) is 12.0 Å². The van der Waals surface area contributed by atoms with Gasteiger partial charge < -0.3 is 19.8 Å². The Balaban J connectivity index is 2.05. The van der Waals surface area contributed by atoms with Crippen LogP contribution in [0.2, 0.25) is 0 Å². The zero-order chi connectivity index (χ0) is 16.4. The van der Waals surface area contributed by atoms with E-state index in [0.29, 0.717) is 6.42 Å². The molecule has 2 N–H and O–H groups in total. The maximum atomic E-state index is 11.2. The Hall–Kier alpha value is -1.53. The van der Waals surface area contributed by atoms with Crippen molar-refractivity contribution in [2.75, 3.05) is 0 Å². The minimum atomic E-state index is -0.812. The Morgan fingerprint density at radius 1 is 1.18 bits per heavy atom. The SMILES string of the molecule is CC1(C)OB([C@H](CCc2ccccc2)OC(N)=O)OC1(C)C. The second kappa shape index (κ2) is 6.30. The summed E-state index contributed by atoms with van der Waals surface area (Å²) in [6.45, 7) is 7.86. The Kier molecular flexibility index (Phi) is 4.82. The van der Waals surface area contributed by atoms with Gasteiger partial charge in [0.2, 0.25) is 0 Å². The molecule has 5 nitrogen and oxygen atoms in total. The number of hydrogen-bond acceptors (Lipinski definition) is 4. The number of rotatable bonds is 5. The molecule has 0 saturated carbocycles. The summed E-state index contributed by atoms with van der Waals surface area (Å²) in [6.07, 6.45) is 0.528. The van der Waals surface area contributed by atoms with Gasteiger partial charge in [0.25, 0.3) is 0 Å². The third-order valence-corrected chi connectivity index (χ3v) is 4.40. The van der Waals surface area contributed by atoms with Crippen LogP contribution in [0.15, 0.2) is 30.3 Å². The molecule has 0 aliphatic carbocycles. The van der Waals surface area contributed by atoms with Gasteiger partial charge in [0, 0.05) is 0 Å². The Morgan fingerprint density at radius 3 is 2.23 bits per heavy atom. The first-order valence-electron chi connectivity index (χ1n) is 7.57. The van der Waals surface area contributed by atoms with Crippen molar-refractivity contribution in [1.82, 2.24) is 0 Å². The van der Waals surface area contributed by atoms with Gasteiger partial charge in [-0.2, -0.15) is 0 Å². The molecule has 1 aliphatic heterocycles. The van der Waals surface area contributed by atoms with Crippen molar-refractivity contribution < 1.29 is 18.8 Å². The van der Waals surface area contributed by atoms with Gasteiger partial charge in [-0.1, -0.05) is 30.3 Å². The second-order valence-electron chi connectivity index (χ2n) is 6.62. The maximum absolute atomic E-state index is 11.2. The molecule has 2 rings (SSSR count). The van der Waals surface area contributed by atoms with Gasteiger partial charge >= 0.3 is 13.2 Å². The molecular formula is C16H24BNO4. The highest BCUT2D eigenvalue weighted by Gasteiger charge is 2.54. The normalized spacial score (nSPS) is 20.6. The summed E-state index contributed by atoms with van der Waals surface area (Å²) in [6, 6.07) is 9.47. The number of nitrogens with two attached hydrogens (primary N) is 1. The van der Waals surface area contributed by atoms with E-state index in [-0.39, 0.29) is 0 Å². The van der Waals surface area contributed by atoms with E-state index in [4.69, 9.17) is 19.8 Å². The van der Waals surface area contributed by atoms with Gasteiger partial charge in [0.05, 0.1) is 11.2 Å². The topological polar surface area (TPSA) is 70.8 Å². The number of carbonyl (C=O) groups excluding carboxylic acids is 1. The average molecular weight is 305 g/mol. The van der Waals surface area contributed by atoms with Gasteiger partial charge in [-0.25, -0.2) is 4.79 Å². The molecule has 1 aliphatic rings. The number of ether oxygens (including phenoxy) is 1. The first-order valence-corrected chi connectivity index (χ1v) is 7.57. The number of benzene rings is 1. The van der Waals surface area contributed by atoms with Crippen LogP contribution in [0, 0.1) is 0 Å². The molecule has 1 amide bonds. The van der Waals surface area contributed by atoms with Gasteiger partial charge in [0.15, 0.2) is 0 Å². The zero-order valence-corrected chi connectivity index (χ0v) is 13.7. The molecule has 0 aromatic heterocycles. The maximum Gasteiger partial charge on any atom is 0.501 e. The third-order valence-electron chi connectivity index (χ3n) is 4.40. The predicted octanol–water partition coefficient (Wildman–Crippen LogP) is 2.71. The van der Waals surface area contributed by atoms with E-state index in [1.165, 1.54) is 0 Å². The molecule has 1 aromatic carbocycles.